The SMILES string of the molecule is Cc1ccc(C[B-](F)(F)F)cc1Br. The summed E-state index contributed by atoms with van der Waals surface area (Å²) in [6.45, 7) is -2.89. The average Bonchev–Trinajstić information content (AvgIpc) is 1.94. The van der Waals surface area contributed by atoms with Gasteiger partial charge in [0.25, 0.3) is 0 Å². The quantitative estimate of drug-likeness (QED) is 0.704. The van der Waals surface area contributed by atoms with Crippen LogP contribution in [0.5, 0.6) is 0 Å². The third-order valence-electron chi connectivity index (χ3n) is 1.70. The number of halogens is 4. The molecule has 0 N–H and O–H groups in total. The lowest BCUT2D eigenvalue weighted by Gasteiger charge is -2.13. The molecule has 13 heavy (non-hydrogen) atoms. The molecule has 0 saturated heterocycles. The van der Waals surface area contributed by atoms with E-state index in [1.54, 1.807) is 6.07 Å². The minimum absolute atomic E-state index is 0.310. The molecule has 0 saturated carbocycles. The van der Waals surface area contributed by atoms with Gasteiger partial charge in [-0.2, -0.15) is 0 Å². The molecule has 0 fully saturated rings. The first-order valence-corrected chi connectivity index (χ1v) is 4.64. The van der Waals surface area contributed by atoms with Gasteiger partial charge >= 0.3 is 6.98 Å². The van der Waals surface area contributed by atoms with Crippen molar-refractivity contribution in [2.75, 3.05) is 0 Å². The molecule has 0 nitrogen and oxygen atoms in total. The molecular formula is C8H8BBrF3-. The lowest BCUT2D eigenvalue weighted by atomic mass is 9.82. The van der Waals surface area contributed by atoms with Gasteiger partial charge in [-0.1, -0.05) is 39.9 Å². The van der Waals surface area contributed by atoms with Gasteiger partial charge in [0.1, 0.15) is 0 Å². The summed E-state index contributed by atoms with van der Waals surface area (Å²) >= 11 is 3.19. The Labute approximate surface area is 83.3 Å². The normalized spacial score (nSPS) is 11.8. The van der Waals surface area contributed by atoms with Crippen LogP contribution >= 0.6 is 15.9 Å². The summed E-state index contributed by atoms with van der Waals surface area (Å²) in [4.78, 5) is 0. The monoisotopic (exact) mass is 251 g/mol. The van der Waals surface area contributed by atoms with E-state index in [-0.39, 0.29) is 0 Å². The first-order valence-electron chi connectivity index (χ1n) is 3.84. The summed E-state index contributed by atoms with van der Waals surface area (Å²) in [5.41, 5.74) is 1.25. The highest BCUT2D eigenvalue weighted by molar-refractivity contribution is 9.10. The Bertz CT molecular complexity index is 309. The molecule has 1 rings (SSSR count). The van der Waals surface area contributed by atoms with Crippen molar-refractivity contribution >= 4 is 22.9 Å². The Morgan fingerprint density at radius 1 is 1.31 bits per heavy atom. The van der Waals surface area contributed by atoms with Crippen molar-refractivity contribution in [2.24, 2.45) is 0 Å². The van der Waals surface area contributed by atoms with Gasteiger partial charge in [0.2, 0.25) is 0 Å². The van der Waals surface area contributed by atoms with Crippen LogP contribution in [0.25, 0.3) is 0 Å². The fourth-order valence-electron chi connectivity index (χ4n) is 1.03. The van der Waals surface area contributed by atoms with Crippen LogP contribution in [-0.2, 0) is 6.32 Å². The lowest BCUT2D eigenvalue weighted by Crippen LogP contribution is -2.19. The standard InChI is InChI=1S/C8H8BBrF3/c1-6-2-3-7(4-8(6)10)5-9(11,12)13/h2-4H,5H2,1H3/q-1. The van der Waals surface area contributed by atoms with Crippen LogP contribution in [0.1, 0.15) is 11.1 Å². The van der Waals surface area contributed by atoms with Crippen molar-refractivity contribution < 1.29 is 12.9 Å². The third kappa shape index (κ3) is 3.42. The van der Waals surface area contributed by atoms with E-state index in [0.29, 0.717) is 5.56 Å². The summed E-state index contributed by atoms with van der Waals surface area (Å²) in [7, 11) is 0. The van der Waals surface area contributed by atoms with Gasteiger partial charge in [-0.05, 0) is 18.6 Å². The van der Waals surface area contributed by atoms with Gasteiger partial charge < -0.3 is 12.9 Å². The van der Waals surface area contributed by atoms with E-state index in [1.165, 1.54) is 12.1 Å². The Morgan fingerprint density at radius 3 is 2.38 bits per heavy atom. The molecule has 1 aromatic rings. The number of benzene rings is 1. The summed E-state index contributed by atoms with van der Waals surface area (Å²) in [5.74, 6) is 0. The Hall–Kier alpha value is -0.445. The summed E-state index contributed by atoms with van der Waals surface area (Å²) < 4.78 is 36.8. The molecule has 0 radical (unpaired) electrons. The van der Waals surface area contributed by atoms with Crippen molar-refractivity contribution in [1.82, 2.24) is 0 Å². The second kappa shape index (κ2) is 3.74. The highest BCUT2D eigenvalue weighted by atomic mass is 79.9. The van der Waals surface area contributed by atoms with Crippen LogP contribution in [-0.4, -0.2) is 6.98 Å². The molecule has 0 spiro atoms. The van der Waals surface area contributed by atoms with Crippen LogP contribution in [0.3, 0.4) is 0 Å². The van der Waals surface area contributed by atoms with Gasteiger partial charge in [-0.3, -0.25) is 0 Å². The van der Waals surface area contributed by atoms with Crippen molar-refractivity contribution in [3.05, 3.63) is 33.8 Å². The molecule has 5 heteroatoms. The molecule has 1 aromatic carbocycles. The minimum atomic E-state index is -4.73. The van der Waals surface area contributed by atoms with E-state index >= 15 is 0 Å². The molecule has 0 aliphatic heterocycles. The number of hydrogen-bond acceptors (Lipinski definition) is 0. The van der Waals surface area contributed by atoms with Crippen LogP contribution in [0.4, 0.5) is 12.9 Å². The zero-order valence-electron chi connectivity index (χ0n) is 7.03. The highest BCUT2D eigenvalue weighted by Gasteiger charge is 2.23. The molecule has 72 valence electrons. The van der Waals surface area contributed by atoms with E-state index in [9.17, 15) is 12.9 Å². The molecule has 0 amide bonds. The van der Waals surface area contributed by atoms with Crippen LogP contribution < -0.4 is 0 Å². The molecule has 0 aromatic heterocycles. The van der Waals surface area contributed by atoms with E-state index in [0.717, 1.165) is 10.0 Å². The van der Waals surface area contributed by atoms with Gasteiger partial charge in [0.15, 0.2) is 0 Å². The maximum absolute atomic E-state index is 12.0. The summed E-state index contributed by atoms with van der Waals surface area (Å²) in [5, 5.41) is 0. The summed E-state index contributed by atoms with van der Waals surface area (Å²) in [6, 6.07) is 4.71. The fourth-order valence-corrected chi connectivity index (χ4v) is 1.46. The third-order valence-corrected chi connectivity index (χ3v) is 2.56. The molecule has 0 atom stereocenters. The largest absolute Gasteiger partial charge is 0.482 e. The fraction of sp³-hybridized carbons (Fsp3) is 0.250. The number of hydrogen-bond donors (Lipinski definition) is 0. The second-order valence-corrected chi connectivity index (χ2v) is 3.85. The zero-order chi connectivity index (χ0) is 10.1. The van der Waals surface area contributed by atoms with Crippen molar-refractivity contribution in [3.63, 3.8) is 0 Å². The van der Waals surface area contributed by atoms with Gasteiger partial charge in [0.05, 0.1) is 0 Å². The average molecular weight is 252 g/mol. The molecule has 0 bridgehead atoms. The first-order chi connectivity index (χ1) is 5.88. The molecular weight excluding hydrogens is 244 g/mol. The summed E-state index contributed by atoms with van der Waals surface area (Å²) in [6.07, 6.45) is -0.807. The van der Waals surface area contributed by atoms with Crippen molar-refractivity contribution in [2.45, 2.75) is 13.2 Å². The maximum Gasteiger partial charge on any atom is 0.482 e. The Morgan fingerprint density at radius 2 is 1.92 bits per heavy atom. The van der Waals surface area contributed by atoms with Crippen molar-refractivity contribution in [3.8, 4) is 0 Å². The minimum Gasteiger partial charge on any atom is -0.449 e. The predicted molar refractivity (Wildman–Crippen MR) is 51.7 cm³/mol. The molecule has 0 heterocycles. The van der Waals surface area contributed by atoms with E-state index in [2.05, 4.69) is 15.9 Å². The van der Waals surface area contributed by atoms with E-state index in [1.807, 2.05) is 6.92 Å². The Kier molecular flexibility index (Phi) is 3.06. The van der Waals surface area contributed by atoms with Crippen LogP contribution in [0.15, 0.2) is 22.7 Å². The molecule has 0 aliphatic rings. The second-order valence-electron chi connectivity index (χ2n) is 3.00. The molecule has 0 unspecified atom stereocenters. The zero-order valence-corrected chi connectivity index (χ0v) is 8.61. The Balaban J connectivity index is 2.86. The van der Waals surface area contributed by atoms with Crippen LogP contribution in [0, 0.1) is 6.92 Å². The van der Waals surface area contributed by atoms with E-state index < -0.39 is 13.3 Å². The highest BCUT2D eigenvalue weighted by Crippen LogP contribution is 2.21. The number of aryl methyl sites for hydroxylation is 1. The topological polar surface area (TPSA) is 0 Å². The first kappa shape index (κ1) is 10.6. The van der Waals surface area contributed by atoms with E-state index in [4.69, 9.17) is 0 Å². The van der Waals surface area contributed by atoms with Crippen molar-refractivity contribution in [1.29, 1.82) is 0 Å². The lowest BCUT2D eigenvalue weighted by molar-refractivity contribution is 0.468. The maximum atomic E-state index is 12.0. The smallest absolute Gasteiger partial charge is 0.449 e. The van der Waals surface area contributed by atoms with Gasteiger partial charge in [-0.15, -0.1) is 0 Å². The number of rotatable bonds is 2. The predicted octanol–water partition coefficient (Wildman–Crippen LogP) is 3.69. The van der Waals surface area contributed by atoms with Gasteiger partial charge in [0, 0.05) is 4.47 Å². The van der Waals surface area contributed by atoms with Gasteiger partial charge in [-0.25, -0.2) is 0 Å². The molecule has 0 aliphatic carbocycles. The van der Waals surface area contributed by atoms with Crippen LogP contribution in [0.2, 0.25) is 0 Å².